The maximum Gasteiger partial charge on any atom is 0.0890 e. The molecule has 0 saturated heterocycles. The lowest BCUT2D eigenvalue weighted by molar-refractivity contribution is 0.508. The molecule has 2 rings (SSSR count). The van der Waals surface area contributed by atoms with Gasteiger partial charge in [-0.3, -0.25) is 4.98 Å². The number of benzene rings is 1. The lowest BCUT2D eigenvalue weighted by Gasteiger charge is -2.16. The first kappa shape index (κ1) is 12.7. The molecule has 1 heterocycles. The van der Waals surface area contributed by atoms with Crippen molar-refractivity contribution in [3.8, 4) is 0 Å². The molecule has 1 N–H and O–H groups in total. The maximum atomic E-state index is 4.69. The van der Waals surface area contributed by atoms with Crippen LogP contribution in [0.5, 0.6) is 0 Å². The quantitative estimate of drug-likeness (QED) is 0.789. The Balaban J connectivity index is 2.28. The molecule has 0 radical (unpaired) electrons. The summed E-state index contributed by atoms with van der Waals surface area (Å²) in [6.45, 7) is 6.81. The summed E-state index contributed by atoms with van der Waals surface area (Å²) in [5.41, 5.74) is 2.91. The van der Waals surface area contributed by atoms with Gasteiger partial charge in [0.15, 0.2) is 0 Å². The van der Waals surface area contributed by atoms with Crippen molar-refractivity contribution in [2.75, 3.05) is 6.54 Å². The van der Waals surface area contributed by atoms with Crippen molar-refractivity contribution in [3.63, 3.8) is 0 Å². The third-order valence-corrected chi connectivity index (χ3v) is 2.93. The van der Waals surface area contributed by atoms with Crippen LogP contribution in [0.4, 0.5) is 0 Å². The van der Waals surface area contributed by atoms with E-state index in [0.717, 1.165) is 36.1 Å². The van der Waals surface area contributed by atoms with Gasteiger partial charge in [0.25, 0.3) is 0 Å². The smallest absolute Gasteiger partial charge is 0.0890 e. The fraction of sp³-hybridized carbons (Fsp3) is 0.333. The zero-order valence-electron chi connectivity index (χ0n) is 10.8. The lowest BCUT2D eigenvalue weighted by atomic mass is 10.1. The van der Waals surface area contributed by atoms with Crippen molar-refractivity contribution < 1.29 is 0 Å². The Labute approximate surface area is 108 Å². The van der Waals surface area contributed by atoms with Crippen LogP contribution in [0.3, 0.4) is 0 Å². The average molecular weight is 241 g/mol. The first-order chi connectivity index (χ1) is 8.85. The predicted octanol–water partition coefficient (Wildman–Crippen LogP) is 3.25. The van der Waals surface area contributed by atoms with Crippen LogP contribution < -0.4 is 5.32 Å². The van der Waals surface area contributed by atoms with Crippen LogP contribution in [0.15, 0.2) is 43.1 Å². The fourth-order valence-electron chi connectivity index (χ4n) is 2.02. The summed E-state index contributed by atoms with van der Waals surface area (Å²) in [4.78, 5) is 9.15. The number of aromatic nitrogens is 2. The van der Waals surface area contributed by atoms with E-state index in [2.05, 4.69) is 28.8 Å². The molecule has 0 aliphatic heterocycles. The third-order valence-electron chi connectivity index (χ3n) is 2.93. The first-order valence-corrected chi connectivity index (χ1v) is 6.41. The van der Waals surface area contributed by atoms with E-state index >= 15 is 0 Å². The van der Waals surface area contributed by atoms with Gasteiger partial charge < -0.3 is 5.32 Å². The Bertz CT molecular complexity index is 522. The second-order valence-corrected chi connectivity index (χ2v) is 4.26. The Morgan fingerprint density at radius 2 is 2.11 bits per heavy atom. The largest absolute Gasteiger partial charge is 0.309 e. The summed E-state index contributed by atoms with van der Waals surface area (Å²) < 4.78 is 0. The highest BCUT2D eigenvalue weighted by molar-refractivity contribution is 5.73. The summed E-state index contributed by atoms with van der Waals surface area (Å²) in [7, 11) is 0. The normalized spacial score (nSPS) is 12.5. The number of nitrogens with zero attached hydrogens (tertiary/aromatic N) is 2. The van der Waals surface area contributed by atoms with Crippen LogP contribution in [0.1, 0.15) is 31.5 Å². The zero-order chi connectivity index (χ0) is 12.8. The van der Waals surface area contributed by atoms with E-state index in [9.17, 15) is 0 Å². The number of hydrogen-bond acceptors (Lipinski definition) is 3. The van der Waals surface area contributed by atoms with Crippen LogP contribution in [0.25, 0.3) is 11.0 Å². The Hall–Kier alpha value is -1.74. The van der Waals surface area contributed by atoms with Crippen molar-refractivity contribution in [2.24, 2.45) is 0 Å². The highest BCUT2D eigenvalue weighted by Gasteiger charge is 2.11. The molecule has 3 nitrogen and oxygen atoms in total. The van der Waals surface area contributed by atoms with Gasteiger partial charge in [0, 0.05) is 0 Å². The molecule has 0 aliphatic carbocycles. The number of hydrogen-bond donors (Lipinski definition) is 1. The molecule has 0 bridgehead atoms. The van der Waals surface area contributed by atoms with Crippen molar-refractivity contribution in [2.45, 2.75) is 25.8 Å². The van der Waals surface area contributed by atoms with E-state index in [1.54, 1.807) is 0 Å². The SMILES string of the molecule is C=CCCC(NCC)c1cnc2ccccc2n1. The van der Waals surface area contributed by atoms with Crippen LogP contribution in [-0.4, -0.2) is 16.5 Å². The highest BCUT2D eigenvalue weighted by Crippen LogP contribution is 2.18. The molecule has 0 amide bonds. The Morgan fingerprint density at radius 3 is 2.83 bits per heavy atom. The summed E-state index contributed by atoms with van der Waals surface area (Å²) in [6.07, 6.45) is 5.80. The van der Waals surface area contributed by atoms with Crippen molar-refractivity contribution in [1.82, 2.24) is 15.3 Å². The van der Waals surface area contributed by atoms with Gasteiger partial charge in [-0.15, -0.1) is 6.58 Å². The molecule has 1 unspecified atom stereocenters. The van der Waals surface area contributed by atoms with Crippen LogP contribution in [-0.2, 0) is 0 Å². The minimum Gasteiger partial charge on any atom is -0.309 e. The van der Waals surface area contributed by atoms with Gasteiger partial charge in [-0.2, -0.15) is 0 Å². The highest BCUT2D eigenvalue weighted by atomic mass is 14.9. The number of nitrogens with one attached hydrogen (secondary N) is 1. The van der Waals surface area contributed by atoms with E-state index in [4.69, 9.17) is 0 Å². The molecule has 18 heavy (non-hydrogen) atoms. The fourth-order valence-corrected chi connectivity index (χ4v) is 2.02. The van der Waals surface area contributed by atoms with Crippen molar-refractivity contribution in [3.05, 3.63) is 48.8 Å². The number of rotatable bonds is 6. The molecule has 0 fully saturated rings. The molecule has 3 heteroatoms. The minimum absolute atomic E-state index is 0.255. The molecule has 2 aromatic rings. The molecular weight excluding hydrogens is 222 g/mol. The summed E-state index contributed by atoms with van der Waals surface area (Å²) in [6, 6.07) is 8.22. The second-order valence-electron chi connectivity index (χ2n) is 4.26. The molecule has 0 aliphatic rings. The standard InChI is InChI=1S/C15H19N3/c1-3-5-8-13(16-4-2)15-11-17-12-9-6-7-10-14(12)18-15/h3,6-7,9-11,13,16H,1,4-5,8H2,2H3. The molecule has 1 aromatic heterocycles. The van der Waals surface area contributed by atoms with Gasteiger partial charge in [0.2, 0.25) is 0 Å². The molecule has 1 aromatic carbocycles. The number of para-hydroxylation sites is 2. The summed E-state index contributed by atoms with van der Waals surface area (Å²) in [5.74, 6) is 0. The molecule has 94 valence electrons. The van der Waals surface area contributed by atoms with Gasteiger partial charge in [-0.1, -0.05) is 25.1 Å². The van der Waals surface area contributed by atoms with Gasteiger partial charge in [0.1, 0.15) is 0 Å². The third kappa shape index (κ3) is 2.93. The van der Waals surface area contributed by atoms with Crippen molar-refractivity contribution in [1.29, 1.82) is 0 Å². The van der Waals surface area contributed by atoms with E-state index in [1.165, 1.54) is 0 Å². The second kappa shape index (κ2) is 6.26. The lowest BCUT2D eigenvalue weighted by Crippen LogP contribution is -2.22. The van der Waals surface area contributed by atoms with Gasteiger partial charge >= 0.3 is 0 Å². The topological polar surface area (TPSA) is 37.8 Å². The molecule has 1 atom stereocenters. The Kier molecular flexibility index (Phi) is 4.42. The minimum atomic E-state index is 0.255. The van der Waals surface area contributed by atoms with Gasteiger partial charge in [0.05, 0.1) is 29.0 Å². The van der Waals surface area contributed by atoms with Crippen LogP contribution in [0.2, 0.25) is 0 Å². The van der Waals surface area contributed by atoms with E-state index in [-0.39, 0.29) is 6.04 Å². The maximum absolute atomic E-state index is 4.69. The van der Waals surface area contributed by atoms with Gasteiger partial charge in [-0.05, 0) is 31.5 Å². The van der Waals surface area contributed by atoms with Crippen LogP contribution in [0, 0.1) is 0 Å². The number of fused-ring (bicyclic) bond motifs is 1. The molecule has 0 saturated carbocycles. The van der Waals surface area contributed by atoms with E-state index in [1.807, 2.05) is 36.5 Å². The monoisotopic (exact) mass is 241 g/mol. The Morgan fingerprint density at radius 1 is 1.33 bits per heavy atom. The van der Waals surface area contributed by atoms with Crippen molar-refractivity contribution >= 4 is 11.0 Å². The molecular formula is C15H19N3. The van der Waals surface area contributed by atoms with E-state index in [0.29, 0.717) is 0 Å². The summed E-state index contributed by atoms with van der Waals surface area (Å²) >= 11 is 0. The summed E-state index contributed by atoms with van der Waals surface area (Å²) in [5, 5.41) is 3.45. The number of allylic oxidation sites excluding steroid dienone is 1. The van der Waals surface area contributed by atoms with Crippen LogP contribution >= 0.6 is 0 Å². The average Bonchev–Trinajstić information content (AvgIpc) is 2.43. The van der Waals surface area contributed by atoms with E-state index < -0.39 is 0 Å². The predicted molar refractivity (Wildman–Crippen MR) is 75.4 cm³/mol. The zero-order valence-corrected chi connectivity index (χ0v) is 10.8. The van der Waals surface area contributed by atoms with Gasteiger partial charge in [-0.25, -0.2) is 4.98 Å². The first-order valence-electron chi connectivity index (χ1n) is 6.41. The molecule has 0 spiro atoms.